The number of aliphatic hydroxyl groups is 1. The van der Waals surface area contributed by atoms with Gasteiger partial charge in [-0.05, 0) is 11.6 Å². The number of hydrogen-bond acceptors (Lipinski definition) is 5. The first-order valence-corrected chi connectivity index (χ1v) is 6.01. The number of ether oxygens (including phenoxy) is 2. The molecule has 0 radical (unpaired) electrons. The molecule has 1 N–H and O–H groups in total. The summed E-state index contributed by atoms with van der Waals surface area (Å²) in [5, 5.41) is 10.1. The molecule has 1 aromatic carbocycles. The second-order valence-electron chi connectivity index (χ2n) is 4.14. The molecule has 0 aliphatic rings. The van der Waals surface area contributed by atoms with Gasteiger partial charge >= 0.3 is 0 Å². The molecule has 0 aliphatic carbocycles. The Morgan fingerprint density at radius 2 is 2.05 bits per heavy atom. The fourth-order valence-electron chi connectivity index (χ4n) is 1.83. The molecule has 2 rings (SSSR count). The molecule has 0 saturated carbocycles. The maximum atomic E-state index is 14.0. The van der Waals surface area contributed by atoms with Crippen molar-refractivity contribution in [2.75, 3.05) is 14.2 Å². The average Bonchev–Trinajstić information content (AvgIpc) is 2.49. The molecule has 1 aromatic heterocycles. The van der Waals surface area contributed by atoms with Crippen LogP contribution in [0.3, 0.4) is 0 Å². The van der Waals surface area contributed by atoms with Crippen molar-refractivity contribution in [3.8, 4) is 11.6 Å². The third kappa shape index (κ3) is 3.03. The highest BCUT2D eigenvalue weighted by Gasteiger charge is 2.16. The Bertz CT molecular complexity index is 592. The van der Waals surface area contributed by atoms with E-state index in [-0.39, 0.29) is 12.2 Å². The third-order valence-corrected chi connectivity index (χ3v) is 2.89. The molecule has 0 aliphatic heterocycles. The van der Waals surface area contributed by atoms with E-state index in [9.17, 15) is 9.50 Å². The number of benzene rings is 1. The number of methoxy groups -OCH3 is 2. The van der Waals surface area contributed by atoms with Gasteiger partial charge in [0.15, 0.2) is 11.6 Å². The van der Waals surface area contributed by atoms with Crippen LogP contribution in [0.15, 0.2) is 30.6 Å². The zero-order valence-electron chi connectivity index (χ0n) is 11.2. The number of aromatic nitrogens is 2. The zero-order chi connectivity index (χ0) is 14.5. The van der Waals surface area contributed by atoms with Crippen molar-refractivity contribution in [3.05, 3.63) is 47.7 Å². The largest absolute Gasteiger partial charge is 0.494 e. The topological polar surface area (TPSA) is 64.5 Å². The van der Waals surface area contributed by atoms with Gasteiger partial charge < -0.3 is 14.6 Å². The summed E-state index contributed by atoms with van der Waals surface area (Å²) in [4.78, 5) is 7.81. The molecule has 1 unspecified atom stereocenters. The van der Waals surface area contributed by atoms with Crippen LogP contribution < -0.4 is 9.47 Å². The average molecular weight is 278 g/mol. The molecule has 106 valence electrons. The van der Waals surface area contributed by atoms with E-state index in [1.807, 2.05) is 0 Å². The van der Waals surface area contributed by atoms with Gasteiger partial charge in [0.2, 0.25) is 5.88 Å². The summed E-state index contributed by atoms with van der Waals surface area (Å²) >= 11 is 0. The lowest BCUT2D eigenvalue weighted by atomic mass is 10.0. The van der Waals surface area contributed by atoms with Crippen LogP contribution in [0, 0.1) is 5.82 Å². The summed E-state index contributed by atoms with van der Waals surface area (Å²) in [6, 6.07) is 6.31. The van der Waals surface area contributed by atoms with Gasteiger partial charge in [-0.25, -0.2) is 14.4 Å². The van der Waals surface area contributed by atoms with Crippen LogP contribution in [0.1, 0.15) is 17.4 Å². The van der Waals surface area contributed by atoms with Crippen LogP contribution in [0.25, 0.3) is 0 Å². The molecule has 1 atom stereocenters. The van der Waals surface area contributed by atoms with Crippen molar-refractivity contribution in [3.63, 3.8) is 0 Å². The second kappa shape index (κ2) is 6.29. The molecular formula is C14H15FN2O3. The van der Waals surface area contributed by atoms with Gasteiger partial charge in [0, 0.05) is 12.5 Å². The van der Waals surface area contributed by atoms with Crippen molar-refractivity contribution in [2.24, 2.45) is 0 Å². The highest BCUT2D eigenvalue weighted by molar-refractivity contribution is 5.32. The van der Waals surface area contributed by atoms with Crippen LogP contribution >= 0.6 is 0 Å². The van der Waals surface area contributed by atoms with Crippen molar-refractivity contribution >= 4 is 0 Å². The van der Waals surface area contributed by atoms with E-state index in [1.54, 1.807) is 12.1 Å². The summed E-state index contributed by atoms with van der Waals surface area (Å²) in [5.74, 6) is 0.0187. The van der Waals surface area contributed by atoms with Crippen LogP contribution in [-0.4, -0.2) is 29.3 Å². The maximum Gasteiger partial charge on any atom is 0.216 e. The monoisotopic (exact) mass is 278 g/mol. The van der Waals surface area contributed by atoms with Crippen LogP contribution in [0.2, 0.25) is 0 Å². The molecule has 0 bridgehead atoms. The standard InChI is InChI=1S/C14H15FN2O3/c1-19-12-5-3-4-9(14(12)15)6-11(18)10-7-13(20-2)17-8-16-10/h3-5,7-8,11,18H,6H2,1-2H3. The first-order chi connectivity index (χ1) is 9.65. The Morgan fingerprint density at radius 3 is 2.75 bits per heavy atom. The molecule has 0 amide bonds. The predicted molar refractivity (Wildman–Crippen MR) is 70.2 cm³/mol. The van der Waals surface area contributed by atoms with E-state index in [0.717, 1.165) is 0 Å². The van der Waals surface area contributed by atoms with Crippen LogP contribution in [-0.2, 0) is 6.42 Å². The van der Waals surface area contributed by atoms with E-state index < -0.39 is 11.9 Å². The minimum Gasteiger partial charge on any atom is -0.494 e. The molecule has 5 nitrogen and oxygen atoms in total. The van der Waals surface area contributed by atoms with Crippen molar-refractivity contribution in [1.29, 1.82) is 0 Å². The first kappa shape index (κ1) is 14.2. The number of halogens is 1. The van der Waals surface area contributed by atoms with Gasteiger partial charge in [0.25, 0.3) is 0 Å². The fourth-order valence-corrected chi connectivity index (χ4v) is 1.83. The number of hydrogen-bond donors (Lipinski definition) is 1. The van der Waals surface area contributed by atoms with Gasteiger partial charge in [0.1, 0.15) is 12.4 Å². The van der Waals surface area contributed by atoms with Crippen molar-refractivity contribution in [2.45, 2.75) is 12.5 Å². The minimum absolute atomic E-state index is 0.0865. The van der Waals surface area contributed by atoms with Crippen molar-refractivity contribution in [1.82, 2.24) is 9.97 Å². The lowest BCUT2D eigenvalue weighted by molar-refractivity contribution is 0.171. The smallest absolute Gasteiger partial charge is 0.216 e. The van der Waals surface area contributed by atoms with E-state index in [0.29, 0.717) is 17.1 Å². The summed E-state index contributed by atoms with van der Waals surface area (Å²) in [6.07, 6.45) is 0.427. The Balaban J connectivity index is 2.21. The summed E-state index contributed by atoms with van der Waals surface area (Å²) in [5.41, 5.74) is 0.730. The highest BCUT2D eigenvalue weighted by Crippen LogP contribution is 2.25. The van der Waals surface area contributed by atoms with E-state index in [4.69, 9.17) is 9.47 Å². The Kier molecular flexibility index (Phi) is 4.47. The molecular weight excluding hydrogens is 263 g/mol. The molecule has 1 heterocycles. The van der Waals surface area contributed by atoms with Gasteiger partial charge in [-0.1, -0.05) is 12.1 Å². The summed E-state index contributed by atoms with van der Waals surface area (Å²) < 4.78 is 23.9. The molecule has 0 fully saturated rings. The summed E-state index contributed by atoms with van der Waals surface area (Å²) in [7, 11) is 2.87. The van der Waals surface area contributed by atoms with E-state index in [2.05, 4.69) is 9.97 Å². The molecule has 6 heteroatoms. The molecule has 0 saturated heterocycles. The number of rotatable bonds is 5. The minimum atomic E-state index is -0.950. The lowest BCUT2D eigenvalue weighted by Crippen LogP contribution is -2.07. The predicted octanol–water partition coefficient (Wildman–Crippen LogP) is 1.91. The quantitative estimate of drug-likeness (QED) is 0.905. The van der Waals surface area contributed by atoms with Crippen LogP contribution in [0.4, 0.5) is 4.39 Å². The normalized spacial score (nSPS) is 12.0. The van der Waals surface area contributed by atoms with Crippen LogP contribution in [0.5, 0.6) is 11.6 Å². The summed E-state index contributed by atoms with van der Waals surface area (Å²) in [6.45, 7) is 0. The number of aliphatic hydroxyl groups excluding tert-OH is 1. The van der Waals surface area contributed by atoms with E-state index >= 15 is 0 Å². The molecule has 2 aromatic rings. The van der Waals surface area contributed by atoms with Gasteiger partial charge in [-0.15, -0.1) is 0 Å². The third-order valence-electron chi connectivity index (χ3n) is 2.89. The molecule has 0 spiro atoms. The molecule has 20 heavy (non-hydrogen) atoms. The SMILES string of the molecule is COc1cc(C(O)Cc2cccc(OC)c2F)ncn1. The Morgan fingerprint density at radius 1 is 1.25 bits per heavy atom. The highest BCUT2D eigenvalue weighted by atomic mass is 19.1. The Labute approximate surface area is 116 Å². The lowest BCUT2D eigenvalue weighted by Gasteiger charge is -2.12. The Hall–Kier alpha value is -2.21. The maximum absolute atomic E-state index is 14.0. The second-order valence-corrected chi connectivity index (χ2v) is 4.14. The zero-order valence-corrected chi connectivity index (χ0v) is 11.2. The fraction of sp³-hybridized carbons (Fsp3) is 0.286. The van der Waals surface area contributed by atoms with Gasteiger partial charge in [0.05, 0.1) is 19.9 Å². The number of nitrogens with zero attached hydrogens (tertiary/aromatic N) is 2. The van der Waals surface area contributed by atoms with E-state index in [1.165, 1.54) is 32.7 Å². The van der Waals surface area contributed by atoms with Gasteiger partial charge in [-0.2, -0.15) is 0 Å². The first-order valence-electron chi connectivity index (χ1n) is 6.01. The van der Waals surface area contributed by atoms with Gasteiger partial charge in [-0.3, -0.25) is 0 Å². The van der Waals surface area contributed by atoms with Crippen molar-refractivity contribution < 1.29 is 19.0 Å².